The monoisotopic (exact) mass is 342 g/mol. The van der Waals surface area contributed by atoms with Gasteiger partial charge in [0.2, 0.25) is 0 Å². The maximum absolute atomic E-state index is 12.4. The van der Waals surface area contributed by atoms with Crippen LogP contribution in [-0.4, -0.2) is 17.4 Å². The van der Waals surface area contributed by atoms with Crippen molar-refractivity contribution in [2.75, 3.05) is 6.54 Å². The minimum Gasteiger partial charge on any atom is -0.351 e. The second-order valence-corrected chi connectivity index (χ2v) is 7.38. The highest BCUT2D eigenvalue weighted by molar-refractivity contribution is 7.22. The summed E-state index contributed by atoms with van der Waals surface area (Å²) in [5, 5.41) is 5.97. The molecule has 1 N–H and O–H groups in total. The Hall–Kier alpha value is -1.98. The van der Waals surface area contributed by atoms with Gasteiger partial charge in [-0.2, -0.15) is 0 Å². The molecule has 3 aromatic rings. The second kappa shape index (κ2) is 7.06. The number of thiophene rings is 1. The number of nitrogens with one attached hydrogen (secondary N) is 1. The van der Waals surface area contributed by atoms with Gasteiger partial charge in [-0.1, -0.05) is 43.3 Å². The van der Waals surface area contributed by atoms with Crippen LogP contribution in [-0.2, 0) is 0 Å². The Morgan fingerprint density at radius 2 is 2.00 bits per heavy atom. The van der Waals surface area contributed by atoms with Crippen molar-refractivity contribution in [3.05, 3.63) is 64.0 Å². The van der Waals surface area contributed by atoms with Crippen molar-refractivity contribution >= 4 is 28.6 Å². The van der Waals surface area contributed by atoms with Gasteiger partial charge >= 0.3 is 0 Å². The molecule has 23 heavy (non-hydrogen) atoms. The van der Waals surface area contributed by atoms with Crippen LogP contribution in [0.15, 0.2) is 47.8 Å². The summed E-state index contributed by atoms with van der Waals surface area (Å²) in [4.78, 5) is 18.8. The van der Waals surface area contributed by atoms with E-state index in [4.69, 9.17) is 0 Å². The van der Waals surface area contributed by atoms with E-state index >= 15 is 0 Å². The highest BCUT2D eigenvalue weighted by Gasteiger charge is 2.17. The highest BCUT2D eigenvalue weighted by atomic mass is 32.1. The molecule has 2 heterocycles. The zero-order valence-corrected chi connectivity index (χ0v) is 14.7. The lowest BCUT2D eigenvalue weighted by atomic mass is 10.0. The summed E-state index contributed by atoms with van der Waals surface area (Å²) >= 11 is 3.10. The van der Waals surface area contributed by atoms with Gasteiger partial charge in [-0.25, -0.2) is 4.98 Å². The lowest BCUT2D eigenvalue weighted by Crippen LogP contribution is -2.27. The van der Waals surface area contributed by atoms with E-state index in [-0.39, 0.29) is 11.8 Å². The van der Waals surface area contributed by atoms with E-state index in [0.29, 0.717) is 11.4 Å². The number of thiazole rings is 1. The van der Waals surface area contributed by atoms with Crippen LogP contribution in [0.3, 0.4) is 0 Å². The molecule has 3 rings (SSSR count). The van der Waals surface area contributed by atoms with Crippen LogP contribution in [0.1, 0.15) is 33.8 Å². The minimum absolute atomic E-state index is 0.0365. The molecule has 0 unspecified atom stereocenters. The lowest BCUT2D eigenvalue weighted by Gasteiger charge is -2.12. The van der Waals surface area contributed by atoms with Crippen molar-refractivity contribution in [1.82, 2.24) is 10.3 Å². The molecule has 1 atom stereocenters. The molecule has 0 spiro atoms. The average Bonchev–Trinajstić information content (AvgIpc) is 3.22. The summed E-state index contributed by atoms with van der Waals surface area (Å²) in [6.45, 7) is 4.63. The quantitative estimate of drug-likeness (QED) is 0.729. The van der Waals surface area contributed by atoms with Gasteiger partial charge in [0, 0.05) is 6.54 Å². The summed E-state index contributed by atoms with van der Waals surface area (Å²) in [5.74, 6) is 0.246. The number of hydrogen-bond donors (Lipinski definition) is 1. The highest BCUT2D eigenvalue weighted by Crippen LogP contribution is 2.31. The first-order valence-corrected chi connectivity index (χ1v) is 9.19. The van der Waals surface area contributed by atoms with E-state index < -0.39 is 0 Å². The molecule has 0 saturated carbocycles. The topological polar surface area (TPSA) is 42.0 Å². The summed E-state index contributed by atoms with van der Waals surface area (Å²) in [6.07, 6.45) is 0. The molecular weight excluding hydrogens is 324 g/mol. The Kier molecular flexibility index (Phi) is 4.88. The van der Waals surface area contributed by atoms with Crippen molar-refractivity contribution in [2.24, 2.45) is 0 Å². The van der Waals surface area contributed by atoms with E-state index in [1.54, 1.807) is 11.3 Å². The number of aromatic nitrogens is 1. The number of amides is 1. The van der Waals surface area contributed by atoms with Crippen molar-refractivity contribution in [1.29, 1.82) is 0 Å². The average molecular weight is 342 g/mol. The fourth-order valence-electron chi connectivity index (χ4n) is 2.34. The maximum atomic E-state index is 12.4. The third-order valence-electron chi connectivity index (χ3n) is 3.67. The summed E-state index contributed by atoms with van der Waals surface area (Å²) in [7, 11) is 0. The summed E-state index contributed by atoms with van der Waals surface area (Å²) in [6, 6.07) is 14.2. The van der Waals surface area contributed by atoms with E-state index in [9.17, 15) is 4.79 Å². The zero-order valence-electron chi connectivity index (χ0n) is 13.1. The van der Waals surface area contributed by atoms with Gasteiger partial charge in [-0.3, -0.25) is 4.79 Å². The molecular formula is C18H18N2OS2. The first-order chi connectivity index (χ1) is 11.1. The van der Waals surface area contributed by atoms with Gasteiger partial charge in [0.25, 0.3) is 5.91 Å². The lowest BCUT2D eigenvalue weighted by molar-refractivity contribution is 0.0955. The van der Waals surface area contributed by atoms with Gasteiger partial charge in [-0.15, -0.1) is 22.7 Å². The molecule has 5 heteroatoms. The molecule has 0 bridgehead atoms. The number of carbonyl (C=O) groups is 1. The number of carbonyl (C=O) groups excluding carboxylic acids is 1. The van der Waals surface area contributed by atoms with Gasteiger partial charge in [-0.05, 0) is 29.9 Å². The third-order valence-corrected chi connectivity index (χ3v) is 5.87. The van der Waals surface area contributed by atoms with Gasteiger partial charge in [0.15, 0.2) is 0 Å². The SMILES string of the molecule is Cc1nc(-c2cccs2)sc1C(=O)NC[C@@H](C)c1ccccc1. The van der Waals surface area contributed by atoms with Gasteiger partial charge in [0.05, 0.1) is 10.6 Å². The first kappa shape index (κ1) is 15.9. The van der Waals surface area contributed by atoms with E-state index in [1.165, 1.54) is 16.9 Å². The fourth-order valence-corrected chi connectivity index (χ4v) is 4.12. The van der Waals surface area contributed by atoms with E-state index in [1.807, 2.05) is 42.6 Å². The van der Waals surface area contributed by atoms with Crippen molar-refractivity contribution in [2.45, 2.75) is 19.8 Å². The maximum Gasteiger partial charge on any atom is 0.263 e. The largest absolute Gasteiger partial charge is 0.351 e. The van der Waals surface area contributed by atoms with E-state index in [2.05, 4.69) is 29.4 Å². The first-order valence-electron chi connectivity index (χ1n) is 7.49. The van der Waals surface area contributed by atoms with Crippen LogP contribution in [0.5, 0.6) is 0 Å². The van der Waals surface area contributed by atoms with Crippen LogP contribution in [0.4, 0.5) is 0 Å². The Bertz CT molecular complexity index is 779. The summed E-state index contributed by atoms with van der Waals surface area (Å²) in [5.41, 5.74) is 2.02. The molecule has 1 aromatic carbocycles. The smallest absolute Gasteiger partial charge is 0.263 e. The fraction of sp³-hybridized carbons (Fsp3) is 0.222. The number of rotatable bonds is 5. The molecule has 3 nitrogen and oxygen atoms in total. The second-order valence-electron chi connectivity index (χ2n) is 5.43. The number of nitrogens with zero attached hydrogens (tertiary/aromatic N) is 1. The molecule has 0 aliphatic heterocycles. The molecule has 0 radical (unpaired) electrons. The third kappa shape index (κ3) is 3.68. The van der Waals surface area contributed by atoms with Crippen molar-refractivity contribution in [3.8, 4) is 9.88 Å². The predicted octanol–water partition coefficient (Wildman–Crippen LogP) is 4.71. The van der Waals surface area contributed by atoms with Gasteiger partial charge < -0.3 is 5.32 Å². The Labute approximate surface area is 144 Å². The summed E-state index contributed by atoms with van der Waals surface area (Å²) < 4.78 is 0. The number of benzene rings is 1. The van der Waals surface area contributed by atoms with Crippen LogP contribution >= 0.6 is 22.7 Å². The van der Waals surface area contributed by atoms with Crippen molar-refractivity contribution in [3.63, 3.8) is 0 Å². The van der Waals surface area contributed by atoms with E-state index in [0.717, 1.165) is 15.6 Å². The Morgan fingerprint density at radius 3 is 2.70 bits per heavy atom. The minimum atomic E-state index is -0.0365. The molecule has 1 amide bonds. The Balaban J connectivity index is 1.67. The predicted molar refractivity (Wildman–Crippen MR) is 97.4 cm³/mol. The molecule has 0 aliphatic rings. The molecule has 0 saturated heterocycles. The molecule has 0 aliphatic carbocycles. The molecule has 0 fully saturated rings. The molecule has 118 valence electrons. The normalized spacial score (nSPS) is 12.1. The Morgan fingerprint density at radius 1 is 1.22 bits per heavy atom. The zero-order chi connectivity index (χ0) is 16.2. The van der Waals surface area contributed by atoms with Crippen LogP contribution in [0.25, 0.3) is 9.88 Å². The van der Waals surface area contributed by atoms with Crippen molar-refractivity contribution < 1.29 is 4.79 Å². The van der Waals surface area contributed by atoms with Crippen LogP contribution < -0.4 is 5.32 Å². The molecule has 2 aromatic heterocycles. The number of hydrogen-bond acceptors (Lipinski definition) is 4. The van der Waals surface area contributed by atoms with Gasteiger partial charge in [0.1, 0.15) is 9.88 Å². The van der Waals surface area contributed by atoms with Crippen LogP contribution in [0, 0.1) is 6.92 Å². The number of aryl methyl sites for hydroxylation is 1. The van der Waals surface area contributed by atoms with Crippen LogP contribution in [0.2, 0.25) is 0 Å². The standard InChI is InChI=1S/C18H18N2OS2/c1-12(14-7-4-3-5-8-14)11-19-17(21)16-13(2)20-18(23-16)15-9-6-10-22-15/h3-10,12H,11H2,1-2H3,(H,19,21)/t12-/m1/s1.